The predicted octanol–water partition coefficient (Wildman–Crippen LogP) is 17.0. The Morgan fingerprint density at radius 3 is 0.984 bits per heavy atom. The molecule has 0 bridgehead atoms. The maximum absolute atomic E-state index is 2.40. The molecule has 0 radical (unpaired) electrons. The monoisotopic (exact) mass is 808 g/mol. The molecule has 0 amide bonds. The zero-order valence-electron chi connectivity index (χ0n) is 35.2. The van der Waals surface area contributed by atoms with E-state index in [1.807, 2.05) is 0 Å². The number of para-hydroxylation sites is 1. The van der Waals surface area contributed by atoms with Crippen LogP contribution in [0, 0.1) is 0 Å². The molecule has 0 N–H and O–H groups in total. The highest BCUT2D eigenvalue weighted by Crippen LogP contribution is 2.39. The van der Waals surface area contributed by atoms with Crippen LogP contribution >= 0.6 is 0 Å². The van der Waals surface area contributed by atoms with Crippen LogP contribution in [0.1, 0.15) is 24.3 Å². The van der Waals surface area contributed by atoms with Gasteiger partial charge >= 0.3 is 0 Å². The lowest BCUT2D eigenvalue weighted by molar-refractivity contribution is 0.755. The lowest BCUT2D eigenvalue weighted by Crippen LogP contribution is -2.15. The smallest absolute Gasteiger partial charge is 0.0462 e. The van der Waals surface area contributed by atoms with Gasteiger partial charge in [0.2, 0.25) is 0 Å². The van der Waals surface area contributed by atoms with Gasteiger partial charge in [-0.05, 0) is 130 Å². The molecule has 1 atom stereocenters. The van der Waals surface area contributed by atoms with Gasteiger partial charge in [-0.25, -0.2) is 0 Å². The summed E-state index contributed by atoms with van der Waals surface area (Å²) in [6.07, 6.45) is 9.13. The molecule has 1 unspecified atom stereocenters. The van der Waals surface area contributed by atoms with Crippen molar-refractivity contribution in [3.63, 3.8) is 0 Å². The summed E-state index contributed by atoms with van der Waals surface area (Å²) in [4.78, 5) is 4.74. The molecule has 2 nitrogen and oxygen atoms in total. The van der Waals surface area contributed by atoms with E-state index in [1.165, 1.54) is 55.8 Å². The second-order valence-corrected chi connectivity index (χ2v) is 16.1. The van der Waals surface area contributed by atoms with Crippen molar-refractivity contribution < 1.29 is 0 Å². The number of anilines is 5. The number of hydrogen-bond acceptors (Lipinski definition) is 2. The van der Waals surface area contributed by atoms with E-state index in [0.717, 1.165) is 41.3 Å². The summed E-state index contributed by atoms with van der Waals surface area (Å²) in [5, 5.41) is 0. The largest absolute Gasteiger partial charge is 0.311 e. The Morgan fingerprint density at radius 2 is 0.587 bits per heavy atom. The van der Waals surface area contributed by atoms with E-state index in [2.05, 4.69) is 271 Å². The molecule has 1 aliphatic rings. The average Bonchev–Trinajstić information content (AvgIpc) is 3.62. The van der Waals surface area contributed by atoms with Gasteiger partial charge in [0.05, 0.1) is 0 Å². The van der Waals surface area contributed by atoms with Gasteiger partial charge in [-0.2, -0.15) is 0 Å². The molecule has 9 aromatic carbocycles. The van der Waals surface area contributed by atoms with Gasteiger partial charge in [-0.3, -0.25) is 0 Å². The molecule has 0 saturated carbocycles. The van der Waals surface area contributed by atoms with Gasteiger partial charge in [0.25, 0.3) is 0 Å². The van der Waals surface area contributed by atoms with Crippen molar-refractivity contribution in [2.45, 2.75) is 18.8 Å². The zero-order valence-corrected chi connectivity index (χ0v) is 35.2. The van der Waals surface area contributed by atoms with Crippen molar-refractivity contribution in [1.82, 2.24) is 0 Å². The first-order valence-corrected chi connectivity index (χ1v) is 21.9. The van der Waals surface area contributed by atoms with Crippen LogP contribution in [0.15, 0.2) is 267 Å². The minimum Gasteiger partial charge on any atom is -0.311 e. The summed E-state index contributed by atoms with van der Waals surface area (Å²) in [5.74, 6) is 0.285. The summed E-state index contributed by atoms with van der Waals surface area (Å²) >= 11 is 0. The van der Waals surface area contributed by atoms with Crippen LogP contribution in [-0.4, -0.2) is 0 Å². The Kier molecular flexibility index (Phi) is 11.4. The van der Waals surface area contributed by atoms with Crippen LogP contribution < -0.4 is 9.80 Å². The van der Waals surface area contributed by atoms with E-state index in [9.17, 15) is 0 Å². The van der Waals surface area contributed by atoms with E-state index >= 15 is 0 Å². The van der Waals surface area contributed by atoms with Gasteiger partial charge in [0, 0.05) is 40.1 Å². The number of nitrogens with zero attached hydrogens (tertiary/aromatic N) is 2. The quantitative estimate of drug-likeness (QED) is 0.128. The lowest BCUT2D eigenvalue weighted by Gasteiger charge is -2.27. The highest BCUT2D eigenvalue weighted by Gasteiger charge is 2.19. The van der Waals surface area contributed by atoms with Crippen LogP contribution in [0.5, 0.6) is 0 Å². The summed E-state index contributed by atoms with van der Waals surface area (Å²) in [7, 11) is 0. The molecule has 63 heavy (non-hydrogen) atoms. The van der Waals surface area contributed by atoms with Crippen LogP contribution in [0.3, 0.4) is 0 Å². The molecule has 302 valence electrons. The first-order valence-electron chi connectivity index (χ1n) is 21.9. The molecule has 0 saturated heterocycles. The predicted molar refractivity (Wildman–Crippen MR) is 267 cm³/mol. The Bertz CT molecular complexity index is 2840. The van der Waals surface area contributed by atoms with Crippen molar-refractivity contribution in [1.29, 1.82) is 0 Å². The van der Waals surface area contributed by atoms with Crippen molar-refractivity contribution in [2.75, 3.05) is 9.80 Å². The molecule has 9 aromatic rings. The van der Waals surface area contributed by atoms with Crippen molar-refractivity contribution >= 4 is 28.4 Å². The van der Waals surface area contributed by atoms with E-state index in [1.54, 1.807) is 0 Å². The van der Waals surface area contributed by atoms with Gasteiger partial charge in [0.15, 0.2) is 0 Å². The summed E-state index contributed by atoms with van der Waals surface area (Å²) in [6.45, 7) is 0. The van der Waals surface area contributed by atoms with E-state index in [4.69, 9.17) is 0 Å². The molecule has 1 aliphatic carbocycles. The molecule has 0 aromatic heterocycles. The third-order valence-corrected chi connectivity index (χ3v) is 12.1. The van der Waals surface area contributed by atoms with Crippen LogP contribution in [0.25, 0.3) is 44.5 Å². The fourth-order valence-corrected chi connectivity index (χ4v) is 8.73. The van der Waals surface area contributed by atoms with Crippen LogP contribution in [-0.2, 0) is 0 Å². The van der Waals surface area contributed by atoms with E-state index in [0.29, 0.717) is 0 Å². The zero-order chi connectivity index (χ0) is 42.2. The Balaban J connectivity index is 0.907. The number of benzene rings is 9. The molecular weight excluding hydrogens is 761 g/mol. The first kappa shape index (κ1) is 39.2. The lowest BCUT2D eigenvalue weighted by atomic mass is 9.94. The maximum Gasteiger partial charge on any atom is 0.0462 e. The minimum atomic E-state index is 0.285. The third kappa shape index (κ3) is 8.80. The Hall–Kier alpha value is -7.94. The molecule has 0 spiro atoms. The normalized spacial score (nSPS) is 13.5. The fraction of sp³-hybridized carbons (Fsp3) is 0.0492. The van der Waals surface area contributed by atoms with E-state index in [-0.39, 0.29) is 5.92 Å². The molecule has 10 rings (SSSR count). The molecular formula is C61H48N2. The SMILES string of the molecule is C1=CC(c2ccc(N(c3ccccc3)c3ccc(-c4ccc(-c5ccccc5)cc4)cc3)cc2)CCC=C1N(c1ccc(-c2ccccc2)cc1)c1ccc(-c2ccccc2)cc1. The van der Waals surface area contributed by atoms with Crippen molar-refractivity contribution in [3.05, 3.63) is 272 Å². The highest BCUT2D eigenvalue weighted by atomic mass is 15.1. The topological polar surface area (TPSA) is 6.48 Å². The molecule has 2 heteroatoms. The number of allylic oxidation sites excluding steroid dienone is 3. The molecule has 0 aliphatic heterocycles. The maximum atomic E-state index is 2.40. The second-order valence-electron chi connectivity index (χ2n) is 16.1. The van der Waals surface area contributed by atoms with Crippen molar-refractivity contribution in [2.24, 2.45) is 0 Å². The van der Waals surface area contributed by atoms with Crippen LogP contribution in [0.4, 0.5) is 28.4 Å². The van der Waals surface area contributed by atoms with Gasteiger partial charge in [-0.1, -0.05) is 194 Å². The summed E-state index contributed by atoms with van der Waals surface area (Å²) in [6, 6.07) is 87.3. The minimum absolute atomic E-state index is 0.285. The summed E-state index contributed by atoms with van der Waals surface area (Å²) in [5.41, 5.74) is 17.9. The van der Waals surface area contributed by atoms with Gasteiger partial charge in [-0.15, -0.1) is 0 Å². The van der Waals surface area contributed by atoms with Crippen LogP contribution in [0.2, 0.25) is 0 Å². The van der Waals surface area contributed by atoms with Gasteiger partial charge < -0.3 is 9.80 Å². The summed E-state index contributed by atoms with van der Waals surface area (Å²) < 4.78 is 0. The fourth-order valence-electron chi connectivity index (χ4n) is 8.73. The third-order valence-electron chi connectivity index (χ3n) is 12.1. The highest BCUT2D eigenvalue weighted by molar-refractivity contribution is 5.80. The number of hydrogen-bond donors (Lipinski definition) is 0. The Labute approximate surface area is 372 Å². The second kappa shape index (κ2) is 18.4. The van der Waals surface area contributed by atoms with Crippen molar-refractivity contribution in [3.8, 4) is 44.5 Å². The molecule has 0 heterocycles. The number of rotatable bonds is 11. The Morgan fingerprint density at radius 1 is 0.286 bits per heavy atom. The van der Waals surface area contributed by atoms with E-state index < -0.39 is 0 Å². The first-order chi connectivity index (χ1) is 31.2. The molecule has 0 fully saturated rings. The van der Waals surface area contributed by atoms with Gasteiger partial charge in [0.1, 0.15) is 0 Å². The average molecular weight is 809 g/mol. The standard InChI is InChI=1S/C61H48N2/c1-5-14-46(15-6-1)50-24-26-51(27-25-50)55-35-44-59(45-36-55)62(56-21-11-4-12-22-56)58-42-33-54(34-43-58)49-20-13-23-57(37-28-49)63(60-38-29-52(30-39-60)47-16-7-2-8-17-47)61-40-31-53(32-41-61)48-18-9-3-10-19-48/h1-12,14-19,21-45,49H,13,20H2.